The monoisotopic (exact) mass is 253 g/mol. The average molecular weight is 253 g/mol. The summed E-state index contributed by atoms with van der Waals surface area (Å²) >= 11 is 0. The Morgan fingerprint density at radius 3 is 2.89 bits per heavy atom. The number of hydrogen-bond acceptors (Lipinski definition) is 4. The fourth-order valence-electron chi connectivity index (χ4n) is 1.29. The van der Waals surface area contributed by atoms with Crippen molar-refractivity contribution in [1.82, 2.24) is 5.48 Å². The topological polar surface area (TPSA) is 56.8 Å². The summed E-state index contributed by atoms with van der Waals surface area (Å²) in [5.74, 6) is 0.474. The molecule has 1 amide bonds. The number of hydroxylamine groups is 1. The first kappa shape index (κ1) is 14.5. The Bertz CT molecular complexity index is 381. The van der Waals surface area contributed by atoms with Crippen molar-refractivity contribution >= 4 is 5.91 Å². The SMILES string of the molecule is CCONC(=O)C(C)OCc1cccc(OC)c1. The second-order valence-corrected chi connectivity index (χ2v) is 3.70. The molecule has 1 unspecified atom stereocenters. The minimum Gasteiger partial charge on any atom is -0.497 e. The summed E-state index contributed by atoms with van der Waals surface area (Å²) in [7, 11) is 1.61. The zero-order valence-electron chi connectivity index (χ0n) is 10.9. The lowest BCUT2D eigenvalue weighted by Crippen LogP contribution is -2.34. The highest BCUT2D eigenvalue weighted by Gasteiger charge is 2.13. The van der Waals surface area contributed by atoms with Gasteiger partial charge in [0.15, 0.2) is 0 Å². The molecule has 0 radical (unpaired) electrons. The van der Waals surface area contributed by atoms with Crippen LogP contribution in [0.25, 0.3) is 0 Å². The van der Waals surface area contributed by atoms with Crippen LogP contribution in [0.1, 0.15) is 19.4 Å². The Hall–Kier alpha value is -1.59. The summed E-state index contributed by atoms with van der Waals surface area (Å²) in [5, 5.41) is 0. The molecule has 0 aliphatic heterocycles. The zero-order valence-corrected chi connectivity index (χ0v) is 10.9. The lowest BCUT2D eigenvalue weighted by atomic mass is 10.2. The van der Waals surface area contributed by atoms with E-state index in [9.17, 15) is 4.79 Å². The van der Waals surface area contributed by atoms with Crippen LogP contribution in [0, 0.1) is 0 Å². The van der Waals surface area contributed by atoms with E-state index in [0.29, 0.717) is 13.2 Å². The minimum absolute atomic E-state index is 0.292. The van der Waals surface area contributed by atoms with E-state index >= 15 is 0 Å². The Balaban J connectivity index is 2.41. The molecule has 0 aromatic heterocycles. The summed E-state index contributed by atoms with van der Waals surface area (Å²) in [4.78, 5) is 16.3. The van der Waals surface area contributed by atoms with Crippen LogP contribution in [0.5, 0.6) is 5.75 Å². The molecule has 0 aliphatic carbocycles. The van der Waals surface area contributed by atoms with E-state index in [4.69, 9.17) is 14.3 Å². The van der Waals surface area contributed by atoms with Crippen molar-refractivity contribution in [2.24, 2.45) is 0 Å². The molecular weight excluding hydrogens is 234 g/mol. The number of amides is 1. The number of methoxy groups -OCH3 is 1. The minimum atomic E-state index is -0.567. The van der Waals surface area contributed by atoms with Crippen LogP contribution in [0.3, 0.4) is 0 Å². The number of hydrogen-bond donors (Lipinski definition) is 1. The van der Waals surface area contributed by atoms with Crippen molar-refractivity contribution in [3.05, 3.63) is 29.8 Å². The number of carbonyl (C=O) groups excluding carboxylic acids is 1. The summed E-state index contributed by atoms with van der Waals surface area (Å²) in [6, 6.07) is 7.51. The molecule has 0 saturated heterocycles. The van der Waals surface area contributed by atoms with E-state index in [-0.39, 0.29) is 5.91 Å². The van der Waals surface area contributed by atoms with Gasteiger partial charge in [0.2, 0.25) is 0 Å². The van der Waals surface area contributed by atoms with Crippen molar-refractivity contribution in [2.45, 2.75) is 26.6 Å². The van der Waals surface area contributed by atoms with Gasteiger partial charge in [0, 0.05) is 0 Å². The lowest BCUT2D eigenvalue weighted by molar-refractivity contribution is -0.145. The van der Waals surface area contributed by atoms with E-state index < -0.39 is 6.10 Å². The Morgan fingerprint density at radius 2 is 2.22 bits per heavy atom. The fraction of sp³-hybridized carbons (Fsp3) is 0.462. The van der Waals surface area contributed by atoms with Crippen LogP contribution in [-0.4, -0.2) is 25.7 Å². The zero-order chi connectivity index (χ0) is 13.4. The van der Waals surface area contributed by atoms with E-state index in [1.165, 1.54) is 0 Å². The maximum absolute atomic E-state index is 11.5. The molecule has 1 aromatic carbocycles. The second kappa shape index (κ2) is 7.68. The van der Waals surface area contributed by atoms with Crippen LogP contribution < -0.4 is 10.2 Å². The molecule has 0 aliphatic rings. The molecule has 0 spiro atoms. The lowest BCUT2D eigenvalue weighted by Gasteiger charge is -2.13. The molecule has 1 N–H and O–H groups in total. The third-order valence-electron chi connectivity index (χ3n) is 2.32. The normalized spacial score (nSPS) is 11.9. The molecule has 0 fully saturated rings. The largest absolute Gasteiger partial charge is 0.497 e. The van der Waals surface area contributed by atoms with Gasteiger partial charge in [-0.2, -0.15) is 0 Å². The van der Waals surface area contributed by atoms with Gasteiger partial charge in [-0.3, -0.25) is 9.63 Å². The number of ether oxygens (including phenoxy) is 2. The predicted octanol–water partition coefficient (Wildman–Crippen LogP) is 1.67. The van der Waals surface area contributed by atoms with Gasteiger partial charge in [0.05, 0.1) is 20.3 Å². The third kappa shape index (κ3) is 4.73. The number of nitrogens with one attached hydrogen (secondary N) is 1. The molecular formula is C13H19NO4. The highest BCUT2D eigenvalue weighted by molar-refractivity contribution is 5.79. The van der Waals surface area contributed by atoms with Crippen molar-refractivity contribution < 1.29 is 19.1 Å². The van der Waals surface area contributed by atoms with Crippen LogP contribution in [0.2, 0.25) is 0 Å². The van der Waals surface area contributed by atoms with Crippen LogP contribution in [0.15, 0.2) is 24.3 Å². The van der Waals surface area contributed by atoms with Gasteiger partial charge >= 0.3 is 0 Å². The molecule has 0 saturated carbocycles. The van der Waals surface area contributed by atoms with E-state index in [0.717, 1.165) is 11.3 Å². The molecule has 0 heterocycles. The molecule has 1 atom stereocenters. The van der Waals surface area contributed by atoms with Gasteiger partial charge in [-0.1, -0.05) is 12.1 Å². The molecule has 1 rings (SSSR count). The average Bonchev–Trinajstić information content (AvgIpc) is 2.42. The summed E-state index contributed by atoms with van der Waals surface area (Å²) in [6.07, 6.45) is -0.567. The van der Waals surface area contributed by atoms with Gasteiger partial charge in [-0.15, -0.1) is 0 Å². The van der Waals surface area contributed by atoms with Crippen LogP contribution in [0.4, 0.5) is 0 Å². The van der Waals surface area contributed by atoms with Gasteiger partial charge in [-0.05, 0) is 31.5 Å². The molecule has 18 heavy (non-hydrogen) atoms. The van der Waals surface area contributed by atoms with Crippen molar-refractivity contribution in [3.63, 3.8) is 0 Å². The Kier molecular flexibility index (Phi) is 6.18. The van der Waals surface area contributed by atoms with E-state index in [2.05, 4.69) is 5.48 Å². The smallest absolute Gasteiger partial charge is 0.272 e. The molecule has 5 heteroatoms. The molecule has 5 nitrogen and oxygen atoms in total. The fourth-order valence-corrected chi connectivity index (χ4v) is 1.29. The van der Waals surface area contributed by atoms with Crippen molar-refractivity contribution in [1.29, 1.82) is 0 Å². The first-order chi connectivity index (χ1) is 8.67. The van der Waals surface area contributed by atoms with Gasteiger partial charge in [-0.25, -0.2) is 5.48 Å². The summed E-state index contributed by atoms with van der Waals surface area (Å²) in [5.41, 5.74) is 3.25. The van der Waals surface area contributed by atoms with Gasteiger partial charge in [0.1, 0.15) is 11.9 Å². The van der Waals surface area contributed by atoms with Crippen LogP contribution >= 0.6 is 0 Å². The Morgan fingerprint density at radius 1 is 1.44 bits per heavy atom. The summed E-state index contributed by atoms with van der Waals surface area (Å²) < 4.78 is 10.5. The first-order valence-electron chi connectivity index (χ1n) is 5.83. The predicted molar refractivity (Wildman–Crippen MR) is 67.0 cm³/mol. The maximum Gasteiger partial charge on any atom is 0.272 e. The van der Waals surface area contributed by atoms with E-state index in [1.807, 2.05) is 24.3 Å². The maximum atomic E-state index is 11.5. The number of carbonyl (C=O) groups is 1. The number of rotatable bonds is 7. The quantitative estimate of drug-likeness (QED) is 0.751. The van der Waals surface area contributed by atoms with Crippen LogP contribution in [-0.2, 0) is 21.0 Å². The van der Waals surface area contributed by atoms with Crippen molar-refractivity contribution in [3.8, 4) is 5.75 Å². The van der Waals surface area contributed by atoms with Crippen molar-refractivity contribution in [2.75, 3.05) is 13.7 Å². The first-order valence-corrected chi connectivity index (χ1v) is 5.83. The highest BCUT2D eigenvalue weighted by Crippen LogP contribution is 2.13. The highest BCUT2D eigenvalue weighted by atomic mass is 16.7. The number of benzene rings is 1. The van der Waals surface area contributed by atoms with E-state index in [1.54, 1.807) is 21.0 Å². The third-order valence-corrected chi connectivity index (χ3v) is 2.32. The Labute approximate surface area is 107 Å². The molecule has 100 valence electrons. The molecule has 0 bridgehead atoms. The van der Waals surface area contributed by atoms with Gasteiger partial charge < -0.3 is 9.47 Å². The summed E-state index contributed by atoms with van der Waals surface area (Å²) in [6.45, 7) is 4.24. The standard InChI is InChI=1S/C13H19NO4/c1-4-18-14-13(15)10(2)17-9-11-6-5-7-12(8-11)16-3/h5-8,10H,4,9H2,1-3H3,(H,14,15). The second-order valence-electron chi connectivity index (χ2n) is 3.70. The van der Waals surface area contributed by atoms with Gasteiger partial charge in [0.25, 0.3) is 5.91 Å². The molecule has 1 aromatic rings.